The number of hydrogen-bond donors (Lipinski definition) is 0. The third-order valence-corrected chi connectivity index (χ3v) is 4.58. The third-order valence-electron chi connectivity index (χ3n) is 2.81. The maximum atomic E-state index is 13.7. The molecule has 1 aromatic rings. The van der Waals surface area contributed by atoms with E-state index < -0.39 is 44.4 Å². The second-order valence-electron chi connectivity index (χ2n) is 3.98. The van der Waals surface area contributed by atoms with E-state index in [-0.39, 0.29) is 5.56 Å². The summed E-state index contributed by atoms with van der Waals surface area (Å²) >= 11 is 0. The molecular formula is C11H10F2O4S. The van der Waals surface area contributed by atoms with Crippen molar-refractivity contribution in [3.05, 3.63) is 29.3 Å². The molecule has 0 fully saturated rings. The molecule has 0 amide bonds. The van der Waals surface area contributed by atoms with Crippen LogP contribution >= 0.6 is 0 Å². The van der Waals surface area contributed by atoms with E-state index in [0.29, 0.717) is 0 Å². The van der Waals surface area contributed by atoms with Gasteiger partial charge in [-0.2, -0.15) is 0 Å². The predicted octanol–water partition coefficient (Wildman–Crippen LogP) is 1.74. The van der Waals surface area contributed by atoms with Crippen LogP contribution in [0.1, 0.15) is 22.3 Å². The molecule has 1 aliphatic rings. The fourth-order valence-electron chi connectivity index (χ4n) is 1.84. The van der Waals surface area contributed by atoms with Crippen molar-refractivity contribution in [3.8, 4) is 0 Å². The summed E-state index contributed by atoms with van der Waals surface area (Å²) in [4.78, 5) is 10.8. The highest BCUT2D eigenvalue weighted by Crippen LogP contribution is 2.41. The zero-order chi connectivity index (χ0) is 13.6. The smallest absolute Gasteiger partial charge is 0.337 e. The molecule has 0 N–H and O–H groups in total. The largest absolute Gasteiger partial charge is 0.465 e. The lowest BCUT2D eigenvalue weighted by Gasteiger charge is -2.25. The van der Waals surface area contributed by atoms with Crippen molar-refractivity contribution >= 4 is 15.8 Å². The molecule has 0 unspecified atom stereocenters. The van der Waals surface area contributed by atoms with Crippen LogP contribution in [-0.2, 0) is 20.5 Å². The lowest BCUT2D eigenvalue weighted by molar-refractivity contribution is -0.0127. The lowest BCUT2D eigenvalue weighted by atomic mass is 10.0. The molecule has 0 aromatic heterocycles. The van der Waals surface area contributed by atoms with E-state index in [4.69, 9.17) is 0 Å². The fraction of sp³-hybridized carbons (Fsp3) is 0.364. The number of hydrogen-bond acceptors (Lipinski definition) is 4. The molecule has 0 saturated carbocycles. The molecule has 0 saturated heterocycles. The Balaban J connectivity index is 2.66. The summed E-state index contributed by atoms with van der Waals surface area (Å²) in [6, 6.07) is 3.09. The number of fused-ring (bicyclic) bond motifs is 1. The standard InChI is InChI=1S/C11H10F2O4S/c1-17-10(14)7-2-3-9-8(6-7)11(12,13)4-5-18(9,15)16/h2-3,6H,4-5H2,1H3. The molecule has 0 bridgehead atoms. The van der Waals surface area contributed by atoms with Crippen molar-refractivity contribution in [1.82, 2.24) is 0 Å². The van der Waals surface area contributed by atoms with Gasteiger partial charge in [0.15, 0.2) is 9.84 Å². The first-order chi connectivity index (χ1) is 8.28. The minimum Gasteiger partial charge on any atom is -0.465 e. The fourth-order valence-corrected chi connectivity index (χ4v) is 3.40. The number of ether oxygens (including phenoxy) is 1. The minimum atomic E-state index is -3.69. The van der Waals surface area contributed by atoms with E-state index in [1.165, 1.54) is 6.07 Å². The summed E-state index contributed by atoms with van der Waals surface area (Å²) in [5.74, 6) is -4.62. The van der Waals surface area contributed by atoms with Crippen LogP contribution in [0.2, 0.25) is 0 Å². The number of sulfone groups is 1. The summed E-state index contributed by atoms with van der Waals surface area (Å²) in [6.45, 7) is 0. The highest BCUT2D eigenvalue weighted by atomic mass is 32.2. The number of rotatable bonds is 1. The van der Waals surface area contributed by atoms with Gasteiger partial charge in [0.1, 0.15) is 0 Å². The van der Waals surface area contributed by atoms with Crippen molar-refractivity contribution in [2.75, 3.05) is 12.9 Å². The average Bonchev–Trinajstić information content (AvgIpc) is 2.34. The second kappa shape index (κ2) is 4.01. The summed E-state index contributed by atoms with van der Waals surface area (Å²) in [5, 5.41) is 0. The highest BCUT2D eigenvalue weighted by Gasteiger charge is 2.43. The molecule has 98 valence electrons. The Hall–Kier alpha value is -1.50. The topological polar surface area (TPSA) is 60.4 Å². The van der Waals surface area contributed by atoms with Gasteiger partial charge >= 0.3 is 5.97 Å². The molecule has 0 radical (unpaired) electrons. The van der Waals surface area contributed by atoms with Crippen molar-refractivity contribution in [2.45, 2.75) is 17.2 Å². The minimum absolute atomic E-state index is 0.0898. The van der Waals surface area contributed by atoms with Crippen LogP contribution in [0.15, 0.2) is 23.1 Å². The second-order valence-corrected chi connectivity index (χ2v) is 6.05. The van der Waals surface area contributed by atoms with Crippen molar-refractivity contribution in [1.29, 1.82) is 0 Å². The van der Waals surface area contributed by atoms with Crippen LogP contribution in [0.3, 0.4) is 0 Å². The van der Waals surface area contributed by atoms with E-state index in [1.54, 1.807) is 0 Å². The molecular weight excluding hydrogens is 266 g/mol. The van der Waals surface area contributed by atoms with Crippen molar-refractivity contribution < 1.29 is 26.7 Å². The van der Waals surface area contributed by atoms with E-state index in [0.717, 1.165) is 19.2 Å². The zero-order valence-electron chi connectivity index (χ0n) is 9.44. The van der Waals surface area contributed by atoms with Gasteiger partial charge in [0, 0.05) is 12.0 Å². The van der Waals surface area contributed by atoms with Crippen LogP contribution in [-0.4, -0.2) is 27.2 Å². The number of alkyl halides is 2. The van der Waals surface area contributed by atoms with Crippen LogP contribution in [0.25, 0.3) is 0 Å². The molecule has 7 heteroatoms. The quantitative estimate of drug-likeness (QED) is 0.733. The molecule has 1 aliphatic heterocycles. The Labute approximate surface area is 102 Å². The number of carbonyl (C=O) groups is 1. The Morgan fingerprint density at radius 1 is 1.39 bits per heavy atom. The Morgan fingerprint density at radius 2 is 2.06 bits per heavy atom. The van der Waals surface area contributed by atoms with Gasteiger partial charge in [-0.25, -0.2) is 22.0 Å². The van der Waals surface area contributed by atoms with Crippen LogP contribution < -0.4 is 0 Å². The molecule has 1 aromatic carbocycles. The van der Waals surface area contributed by atoms with Gasteiger partial charge in [-0.15, -0.1) is 0 Å². The number of methoxy groups -OCH3 is 1. The van der Waals surface area contributed by atoms with Gasteiger partial charge in [0.05, 0.1) is 23.3 Å². The normalized spacial score (nSPS) is 19.9. The van der Waals surface area contributed by atoms with Gasteiger partial charge in [-0.05, 0) is 18.2 Å². The Morgan fingerprint density at radius 3 is 2.67 bits per heavy atom. The van der Waals surface area contributed by atoms with Crippen molar-refractivity contribution in [2.24, 2.45) is 0 Å². The van der Waals surface area contributed by atoms with Gasteiger partial charge in [0.2, 0.25) is 0 Å². The first-order valence-electron chi connectivity index (χ1n) is 5.11. The number of benzene rings is 1. The van der Waals surface area contributed by atoms with E-state index in [9.17, 15) is 22.0 Å². The number of halogens is 2. The summed E-state index contributed by atoms with van der Waals surface area (Å²) in [6.07, 6.45) is -0.771. The van der Waals surface area contributed by atoms with E-state index >= 15 is 0 Å². The molecule has 18 heavy (non-hydrogen) atoms. The molecule has 0 spiro atoms. The SMILES string of the molecule is COC(=O)c1ccc2c(c1)C(F)(F)CCS2(=O)=O. The highest BCUT2D eigenvalue weighted by molar-refractivity contribution is 7.91. The molecule has 0 atom stereocenters. The molecule has 4 nitrogen and oxygen atoms in total. The first kappa shape index (κ1) is 12.9. The number of carbonyl (C=O) groups excluding carboxylic acids is 1. The Kier molecular flexibility index (Phi) is 2.89. The van der Waals surface area contributed by atoms with Crippen LogP contribution in [0, 0.1) is 0 Å². The molecule has 0 aliphatic carbocycles. The van der Waals surface area contributed by atoms with Crippen molar-refractivity contribution in [3.63, 3.8) is 0 Å². The van der Waals surface area contributed by atoms with Gasteiger partial charge < -0.3 is 4.74 Å². The maximum absolute atomic E-state index is 13.7. The maximum Gasteiger partial charge on any atom is 0.337 e. The molecule has 1 heterocycles. The number of esters is 1. The van der Waals surface area contributed by atoms with E-state index in [2.05, 4.69) is 4.74 Å². The molecule has 2 rings (SSSR count). The summed E-state index contributed by atoms with van der Waals surface area (Å²) < 4.78 is 55.1. The Bertz CT molecular complexity index is 607. The lowest BCUT2D eigenvalue weighted by Crippen LogP contribution is -2.28. The van der Waals surface area contributed by atoms with Crippen LogP contribution in [0.4, 0.5) is 8.78 Å². The predicted molar refractivity (Wildman–Crippen MR) is 58.3 cm³/mol. The zero-order valence-corrected chi connectivity index (χ0v) is 10.3. The van der Waals surface area contributed by atoms with E-state index in [1.807, 2.05) is 0 Å². The average molecular weight is 276 g/mol. The monoisotopic (exact) mass is 276 g/mol. The first-order valence-corrected chi connectivity index (χ1v) is 6.76. The third kappa shape index (κ3) is 1.98. The van der Waals surface area contributed by atoms with Gasteiger partial charge in [-0.1, -0.05) is 0 Å². The van der Waals surface area contributed by atoms with Gasteiger partial charge in [-0.3, -0.25) is 0 Å². The summed E-state index contributed by atoms with van der Waals surface area (Å²) in [5.41, 5.74) is -0.718. The van der Waals surface area contributed by atoms with Gasteiger partial charge in [0.25, 0.3) is 5.92 Å². The summed E-state index contributed by atoms with van der Waals surface area (Å²) in [7, 11) is -2.57. The van der Waals surface area contributed by atoms with Crippen LogP contribution in [0.5, 0.6) is 0 Å².